The lowest BCUT2D eigenvalue weighted by atomic mass is 10.3. The Bertz CT molecular complexity index is 559. The van der Waals surface area contributed by atoms with Crippen molar-refractivity contribution in [3.8, 4) is 0 Å². The number of hydrogen-bond donors (Lipinski definition) is 2. The Morgan fingerprint density at radius 1 is 1.38 bits per heavy atom. The molecule has 1 saturated carbocycles. The van der Waals surface area contributed by atoms with Crippen molar-refractivity contribution in [2.45, 2.75) is 30.2 Å². The summed E-state index contributed by atoms with van der Waals surface area (Å²) in [4.78, 5) is 1.03. The maximum Gasteiger partial charge on any atom is 0.301 e. The van der Waals surface area contributed by atoms with Crippen LogP contribution in [0.1, 0.15) is 19.3 Å². The Morgan fingerprint density at radius 2 is 2.14 bits per heavy atom. The Labute approximate surface area is 131 Å². The zero-order chi connectivity index (χ0) is 15.3. The van der Waals surface area contributed by atoms with Crippen molar-refractivity contribution < 1.29 is 8.42 Å². The molecule has 1 fully saturated rings. The van der Waals surface area contributed by atoms with Gasteiger partial charge in [0.15, 0.2) is 0 Å². The highest BCUT2D eigenvalue weighted by Crippen LogP contribution is 2.20. The van der Waals surface area contributed by atoms with Gasteiger partial charge in [0.05, 0.1) is 5.69 Å². The molecule has 0 atom stereocenters. The lowest BCUT2D eigenvalue weighted by Gasteiger charge is -2.18. The zero-order valence-corrected chi connectivity index (χ0v) is 14.1. The van der Waals surface area contributed by atoms with Crippen LogP contribution < -0.4 is 10.0 Å². The number of thioether (sulfide) groups is 1. The summed E-state index contributed by atoms with van der Waals surface area (Å²) in [6, 6.07) is 8.07. The average molecular weight is 329 g/mol. The van der Waals surface area contributed by atoms with Crippen LogP contribution in [0.25, 0.3) is 0 Å². The summed E-state index contributed by atoms with van der Waals surface area (Å²) < 4.78 is 28.4. The topological polar surface area (TPSA) is 61.4 Å². The molecule has 118 valence electrons. The van der Waals surface area contributed by atoms with Gasteiger partial charge in [0.25, 0.3) is 0 Å². The Balaban J connectivity index is 1.83. The third kappa shape index (κ3) is 5.50. The molecule has 0 bridgehead atoms. The molecule has 0 saturated heterocycles. The van der Waals surface area contributed by atoms with Gasteiger partial charge in [-0.05, 0) is 50.3 Å². The van der Waals surface area contributed by atoms with Gasteiger partial charge in [0.2, 0.25) is 0 Å². The highest BCUT2D eigenvalue weighted by molar-refractivity contribution is 7.98. The van der Waals surface area contributed by atoms with Crippen LogP contribution in [-0.2, 0) is 10.2 Å². The maximum atomic E-state index is 12.2. The highest BCUT2D eigenvalue weighted by atomic mass is 32.2. The van der Waals surface area contributed by atoms with E-state index in [0.717, 1.165) is 17.9 Å². The van der Waals surface area contributed by atoms with E-state index in [9.17, 15) is 8.42 Å². The van der Waals surface area contributed by atoms with Gasteiger partial charge in [-0.2, -0.15) is 12.7 Å². The smallest absolute Gasteiger partial charge is 0.301 e. The van der Waals surface area contributed by atoms with E-state index in [0.29, 0.717) is 18.3 Å². The Kier molecular flexibility index (Phi) is 5.92. The lowest BCUT2D eigenvalue weighted by Crippen LogP contribution is -2.34. The minimum atomic E-state index is -3.48. The lowest BCUT2D eigenvalue weighted by molar-refractivity contribution is 0.458. The first-order chi connectivity index (χ1) is 10.0. The minimum absolute atomic E-state index is 0.511. The summed E-state index contributed by atoms with van der Waals surface area (Å²) in [5, 5.41) is 3.38. The molecule has 7 heteroatoms. The van der Waals surface area contributed by atoms with Crippen molar-refractivity contribution in [1.82, 2.24) is 9.62 Å². The normalized spacial score (nSPS) is 15.4. The largest absolute Gasteiger partial charge is 0.314 e. The van der Waals surface area contributed by atoms with E-state index < -0.39 is 10.2 Å². The standard InChI is InChI=1S/C14H23N3O2S2/c1-17(10-4-9-15-12-7-8-12)21(18,19)16-13-5-3-6-14(11-13)20-2/h3,5-6,11-12,15-16H,4,7-10H2,1-2H3. The molecule has 1 aliphatic carbocycles. The molecule has 1 aromatic rings. The third-order valence-electron chi connectivity index (χ3n) is 3.39. The van der Waals surface area contributed by atoms with E-state index in [-0.39, 0.29) is 0 Å². The van der Waals surface area contributed by atoms with Crippen molar-refractivity contribution in [2.24, 2.45) is 0 Å². The van der Waals surface area contributed by atoms with Crippen LogP contribution in [-0.4, -0.2) is 45.2 Å². The molecule has 2 N–H and O–H groups in total. The highest BCUT2D eigenvalue weighted by Gasteiger charge is 2.21. The number of nitrogens with one attached hydrogen (secondary N) is 2. The summed E-state index contributed by atoms with van der Waals surface area (Å²) in [5.41, 5.74) is 0.602. The first kappa shape index (κ1) is 16.6. The van der Waals surface area contributed by atoms with Gasteiger partial charge < -0.3 is 5.32 Å². The van der Waals surface area contributed by atoms with Crippen LogP contribution in [0, 0.1) is 0 Å². The molecule has 0 aromatic heterocycles. The second-order valence-corrected chi connectivity index (χ2v) is 7.90. The van der Waals surface area contributed by atoms with E-state index in [4.69, 9.17) is 0 Å². The van der Waals surface area contributed by atoms with Crippen molar-refractivity contribution in [3.05, 3.63) is 24.3 Å². The van der Waals surface area contributed by atoms with Crippen molar-refractivity contribution in [3.63, 3.8) is 0 Å². The van der Waals surface area contributed by atoms with Crippen LogP contribution in [0.3, 0.4) is 0 Å². The number of hydrogen-bond acceptors (Lipinski definition) is 4. The Hall–Kier alpha value is -0.760. The average Bonchev–Trinajstić information content (AvgIpc) is 3.27. The number of benzene rings is 1. The van der Waals surface area contributed by atoms with Gasteiger partial charge in [0.1, 0.15) is 0 Å². The van der Waals surface area contributed by atoms with Crippen LogP contribution >= 0.6 is 11.8 Å². The van der Waals surface area contributed by atoms with Crippen LogP contribution in [0.15, 0.2) is 29.2 Å². The van der Waals surface area contributed by atoms with E-state index in [1.54, 1.807) is 24.9 Å². The molecule has 0 heterocycles. The van der Waals surface area contributed by atoms with Crippen LogP contribution in [0.2, 0.25) is 0 Å². The molecule has 21 heavy (non-hydrogen) atoms. The fourth-order valence-electron chi connectivity index (χ4n) is 1.93. The van der Waals surface area contributed by atoms with Gasteiger partial charge >= 0.3 is 10.2 Å². The molecule has 0 spiro atoms. The molecule has 2 rings (SSSR count). The maximum absolute atomic E-state index is 12.2. The number of rotatable bonds is 9. The quantitative estimate of drug-likeness (QED) is 0.538. The van der Waals surface area contributed by atoms with Gasteiger partial charge in [-0.1, -0.05) is 6.07 Å². The van der Waals surface area contributed by atoms with Gasteiger partial charge in [-0.25, -0.2) is 0 Å². The predicted octanol–water partition coefficient (Wildman–Crippen LogP) is 2.14. The molecular weight excluding hydrogens is 306 g/mol. The zero-order valence-electron chi connectivity index (χ0n) is 12.5. The SMILES string of the molecule is CSc1cccc(NS(=O)(=O)N(C)CCCNC2CC2)c1. The molecule has 1 aliphatic rings. The molecule has 0 radical (unpaired) electrons. The molecule has 0 unspecified atom stereocenters. The van der Waals surface area contributed by atoms with E-state index in [2.05, 4.69) is 10.0 Å². The van der Waals surface area contributed by atoms with Gasteiger partial charge in [-0.3, -0.25) is 4.72 Å². The fourth-order valence-corrected chi connectivity index (χ4v) is 3.34. The summed E-state index contributed by atoms with van der Waals surface area (Å²) in [6.45, 7) is 1.38. The number of anilines is 1. The Morgan fingerprint density at radius 3 is 2.81 bits per heavy atom. The number of nitrogens with zero attached hydrogens (tertiary/aromatic N) is 1. The minimum Gasteiger partial charge on any atom is -0.314 e. The molecule has 5 nitrogen and oxygen atoms in total. The summed E-state index contributed by atoms with van der Waals surface area (Å²) in [5.74, 6) is 0. The molecular formula is C14H23N3O2S2. The third-order valence-corrected chi connectivity index (χ3v) is 5.61. The predicted molar refractivity (Wildman–Crippen MR) is 89.0 cm³/mol. The van der Waals surface area contributed by atoms with Gasteiger partial charge in [0, 0.05) is 24.5 Å². The monoisotopic (exact) mass is 329 g/mol. The molecule has 1 aromatic carbocycles. The van der Waals surface area contributed by atoms with Gasteiger partial charge in [-0.15, -0.1) is 11.8 Å². The van der Waals surface area contributed by atoms with Crippen molar-refractivity contribution >= 4 is 27.7 Å². The van der Waals surface area contributed by atoms with Crippen LogP contribution in [0.5, 0.6) is 0 Å². The molecule has 0 amide bonds. The van der Waals surface area contributed by atoms with E-state index in [1.165, 1.54) is 17.1 Å². The summed E-state index contributed by atoms with van der Waals surface area (Å²) >= 11 is 1.59. The van der Waals surface area contributed by atoms with Crippen molar-refractivity contribution in [2.75, 3.05) is 31.1 Å². The van der Waals surface area contributed by atoms with E-state index >= 15 is 0 Å². The second kappa shape index (κ2) is 7.49. The first-order valence-electron chi connectivity index (χ1n) is 7.13. The van der Waals surface area contributed by atoms with Crippen LogP contribution in [0.4, 0.5) is 5.69 Å². The van der Waals surface area contributed by atoms with Crippen molar-refractivity contribution in [1.29, 1.82) is 0 Å². The first-order valence-corrected chi connectivity index (χ1v) is 9.79. The fraction of sp³-hybridized carbons (Fsp3) is 0.571. The molecule has 0 aliphatic heterocycles. The summed E-state index contributed by atoms with van der Waals surface area (Å²) in [7, 11) is -1.87. The van der Waals surface area contributed by atoms with E-state index in [1.807, 2.05) is 24.5 Å². The summed E-state index contributed by atoms with van der Waals surface area (Å²) in [6.07, 6.45) is 5.29. The second-order valence-electron chi connectivity index (χ2n) is 5.24.